The minimum Gasteiger partial charge on any atom is -0.465 e. The summed E-state index contributed by atoms with van der Waals surface area (Å²) in [7, 11) is 1.29. The number of methoxy groups -OCH3 is 1. The molecule has 2 aromatic carbocycles. The van der Waals surface area contributed by atoms with Crippen molar-refractivity contribution >= 4 is 23.5 Å². The van der Waals surface area contributed by atoms with Crippen molar-refractivity contribution in [1.29, 1.82) is 0 Å². The second kappa shape index (κ2) is 8.63. The summed E-state index contributed by atoms with van der Waals surface area (Å²) in [6.07, 6.45) is 0.836. The maximum Gasteiger partial charge on any atom is 0.337 e. The molecule has 2 amide bonds. The molecule has 0 heterocycles. The number of esters is 1. The Hall–Kier alpha value is -3.15. The molecule has 0 aliphatic rings. The highest BCUT2D eigenvalue weighted by atomic mass is 16.5. The first-order valence-electron chi connectivity index (χ1n) is 7.93. The largest absolute Gasteiger partial charge is 0.465 e. The smallest absolute Gasteiger partial charge is 0.337 e. The third-order valence-corrected chi connectivity index (χ3v) is 3.46. The van der Waals surface area contributed by atoms with Crippen LogP contribution in [0.25, 0.3) is 0 Å². The number of hydrogen-bond acceptors (Lipinski definition) is 4. The fourth-order valence-corrected chi connectivity index (χ4v) is 2.19. The van der Waals surface area contributed by atoms with Gasteiger partial charge in [-0.2, -0.15) is 0 Å². The zero-order valence-corrected chi connectivity index (χ0v) is 14.2. The Kier molecular flexibility index (Phi) is 6.28. The molecule has 2 rings (SSSR count). The number of carbonyl (C=O) groups excluding carboxylic acids is 3. The molecule has 0 atom stereocenters. The number of benzene rings is 2. The summed E-state index contributed by atoms with van der Waals surface area (Å²) in [4.78, 5) is 35.9. The van der Waals surface area contributed by atoms with Gasteiger partial charge in [-0.3, -0.25) is 9.59 Å². The number of amides is 2. The van der Waals surface area contributed by atoms with E-state index < -0.39 is 5.97 Å². The number of nitrogens with one attached hydrogen (secondary N) is 2. The number of ether oxygens (including phenoxy) is 1. The van der Waals surface area contributed by atoms with Crippen molar-refractivity contribution in [2.45, 2.75) is 13.3 Å². The van der Waals surface area contributed by atoms with Crippen LogP contribution in [0.5, 0.6) is 0 Å². The first kappa shape index (κ1) is 18.2. The van der Waals surface area contributed by atoms with Crippen LogP contribution in [-0.4, -0.2) is 31.4 Å². The Labute approximate surface area is 146 Å². The van der Waals surface area contributed by atoms with Gasteiger partial charge in [0.2, 0.25) is 0 Å². The maximum absolute atomic E-state index is 12.4. The molecule has 0 aromatic heterocycles. The van der Waals surface area contributed by atoms with Crippen LogP contribution < -0.4 is 10.6 Å². The summed E-state index contributed by atoms with van der Waals surface area (Å²) in [6.45, 7) is 2.54. The molecule has 130 valence electrons. The number of rotatable bonds is 6. The second-order valence-corrected chi connectivity index (χ2v) is 5.36. The third kappa shape index (κ3) is 4.91. The summed E-state index contributed by atoms with van der Waals surface area (Å²) in [5.41, 5.74) is 1.58. The summed E-state index contributed by atoms with van der Waals surface area (Å²) in [5, 5.41) is 5.48. The zero-order chi connectivity index (χ0) is 18.2. The van der Waals surface area contributed by atoms with Gasteiger partial charge in [-0.1, -0.05) is 19.1 Å². The third-order valence-electron chi connectivity index (χ3n) is 3.46. The van der Waals surface area contributed by atoms with E-state index in [9.17, 15) is 14.4 Å². The average Bonchev–Trinajstić information content (AvgIpc) is 2.65. The lowest BCUT2D eigenvalue weighted by Gasteiger charge is -2.08. The van der Waals surface area contributed by atoms with Crippen LogP contribution >= 0.6 is 0 Å². The van der Waals surface area contributed by atoms with Gasteiger partial charge in [0.1, 0.15) is 0 Å². The van der Waals surface area contributed by atoms with Gasteiger partial charge in [0.25, 0.3) is 11.8 Å². The molecule has 0 saturated heterocycles. The van der Waals surface area contributed by atoms with E-state index in [2.05, 4.69) is 15.4 Å². The Balaban J connectivity index is 2.13. The molecule has 0 radical (unpaired) electrons. The molecule has 0 aliphatic carbocycles. The van der Waals surface area contributed by atoms with Gasteiger partial charge in [-0.15, -0.1) is 0 Å². The van der Waals surface area contributed by atoms with Gasteiger partial charge >= 0.3 is 5.97 Å². The summed E-state index contributed by atoms with van der Waals surface area (Å²) in [6, 6.07) is 12.9. The molecule has 2 aromatic rings. The van der Waals surface area contributed by atoms with Gasteiger partial charge in [0, 0.05) is 23.4 Å². The lowest BCUT2D eigenvalue weighted by Crippen LogP contribution is -2.24. The number of hydrogen-bond donors (Lipinski definition) is 2. The monoisotopic (exact) mass is 340 g/mol. The van der Waals surface area contributed by atoms with E-state index >= 15 is 0 Å². The molecule has 0 saturated carbocycles. The molecule has 0 fully saturated rings. The molecule has 25 heavy (non-hydrogen) atoms. The highest BCUT2D eigenvalue weighted by Gasteiger charge is 2.12. The van der Waals surface area contributed by atoms with Gasteiger partial charge in [0.15, 0.2) is 0 Å². The van der Waals surface area contributed by atoms with E-state index in [-0.39, 0.29) is 11.8 Å². The van der Waals surface area contributed by atoms with E-state index in [0.29, 0.717) is 28.9 Å². The van der Waals surface area contributed by atoms with Gasteiger partial charge in [-0.05, 0) is 42.8 Å². The van der Waals surface area contributed by atoms with Crippen LogP contribution in [0.4, 0.5) is 5.69 Å². The van der Waals surface area contributed by atoms with Crippen molar-refractivity contribution < 1.29 is 19.1 Å². The van der Waals surface area contributed by atoms with Crippen molar-refractivity contribution in [3.63, 3.8) is 0 Å². The van der Waals surface area contributed by atoms with Crippen LogP contribution in [0.15, 0.2) is 48.5 Å². The fourth-order valence-electron chi connectivity index (χ4n) is 2.19. The summed E-state index contributed by atoms with van der Waals surface area (Å²) >= 11 is 0. The molecule has 6 heteroatoms. The molecule has 0 aliphatic heterocycles. The SMILES string of the molecule is CCCNC(=O)c1cccc(C(=O)Nc2cccc(C(=O)OC)c2)c1. The minimum atomic E-state index is -0.481. The van der Waals surface area contributed by atoms with Crippen LogP contribution in [0, 0.1) is 0 Å². The van der Waals surface area contributed by atoms with Crippen LogP contribution in [0.3, 0.4) is 0 Å². The van der Waals surface area contributed by atoms with Gasteiger partial charge in [0.05, 0.1) is 12.7 Å². The number of anilines is 1. The normalized spacial score (nSPS) is 10.0. The molecule has 0 spiro atoms. The van der Waals surface area contributed by atoms with E-state index in [1.54, 1.807) is 36.4 Å². The van der Waals surface area contributed by atoms with Crippen LogP contribution in [0.1, 0.15) is 44.4 Å². The predicted molar refractivity (Wildman–Crippen MR) is 94.8 cm³/mol. The van der Waals surface area contributed by atoms with Crippen molar-refractivity contribution in [1.82, 2.24) is 5.32 Å². The average molecular weight is 340 g/mol. The van der Waals surface area contributed by atoms with Crippen LogP contribution in [-0.2, 0) is 4.74 Å². The summed E-state index contributed by atoms with van der Waals surface area (Å²) in [5.74, 6) is -1.07. The Morgan fingerprint density at radius 2 is 1.56 bits per heavy atom. The van der Waals surface area contributed by atoms with Crippen molar-refractivity contribution in [2.75, 3.05) is 19.0 Å². The van der Waals surface area contributed by atoms with Gasteiger partial charge < -0.3 is 15.4 Å². The minimum absolute atomic E-state index is 0.218. The molecule has 6 nitrogen and oxygen atoms in total. The highest BCUT2D eigenvalue weighted by Crippen LogP contribution is 2.14. The molecule has 0 bridgehead atoms. The standard InChI is InChI=1S/C19H20N2O4/c1-3-10-20-17(22)13-6-4-7-14(11-13)18(23)21-16-9-5-8-15(12-16)19(24)25-2/h4-9,11-12H,3,10H2,1-2H3,(H,20,22)(H,21,23). The van der Waals surface area contributed by atoms with E-state index in [4.69, 9.17) is 0 Å². The molecular weight excluding hydrogens is 320 g/mol. The second-order valence-electron chi connectivity index (χ2n) is 5.36. The zero-order valence-electron chi connectivity index (χ0n) is 14.2. The Morgan fingerprint density at radius 1 is 0.920 bits per heavy atom. The quantitative estimate of drug-likeness (QED) is 0.792. The first-order chi connectivity index (χ1) is 12.0. The van der Waals surface area contributed by atoms with E-state index in [0.717, 1.165) is 6.42 Å². The van der Waals surface area contributed by atoms with Crippen molar-refractivity contribution in [3.05, 3.63) is 65.2 Å². The molecule has 0 unspecified atom stereocenters. The van der Waals surface area contributed by atoms with Crippen molar-refractivity contribution in [2.24, 2.45) is 0 Å². The fraction of sp³-hybridized carbons (Fsp3) is 0.211. The van der Waals surface area contributed by atoms with Crippen LogP contribution in [0.2, 0.25) is 0 Å². The maximum atomic E-state index is 12.4. The molecular formula is C19H20N2O4. The topological polar surface area (TPSA) is 84.5 Å². The predicted octanol–water partition coefficient (Wildman–Crippen LogP) is 2.87. The lowest BCUT2D eigenvalue weighted by atomic mass is 10.1. The Bertz CT molecular complexity index is 786. The van der Waals surface area contributed by atoms with E-state index in [1.807, 2.05) is 6.92 Å². The lowest BCUT2D eigenvalue weighted by molar-refractivity contribution is 0.0600. The van der Waals surface area contributed by atoms with Crippen molar-refractivity contribution in [3.8, 4) is 0 Å². The first-order valence-corrected chi connectivity index (χ1v) is 7.93. The van der Waals surface area contributed by atoms with E-state index in [1.165, 1.54) is 19.2 Å². The molecule has 2 N–H and O–H groups in total. The Morgan fingerprint density at radius 3 is 2.24 bits per heavy atom. The summed E-state index contributed by atoms with van der Waals surface area (Å²) < 4.78 is 4.66. The number of carbonyl (C=O) groups is 3. The highest BCUT2D eigenvalue weighted by molar-refractivity contribution is 6.06. The van der Waals surface area contributed by atoms with Gasteiger partial charge in [-0.25, -0.2) is 4.79 Å².